The fourth-order valence-corrected chi connectivity index (χ4v) is 3.01. The van der Waals surface area contributed by atoms with Crippen molar-refractivity contribution in [3.63, 3.8) is 0 Å². The molecule has 2 aromatic carbocycles. The first kappa shape index (κ1) is 13.2. The standard InChI is InChI=1S/C16H12N2S2/c1-3-19-11-5-7-13-15(9-11)17-14-8-6-12(20-4-2)10-16(14)18-13/h3-10H,1-2H2. The summed E-state index contributed by atoms with van der Waals surface area (Å²) in [6, 6.07) is 12.2. The van der Waals surface area contributed by atoms with E-state index in [2.05, 4.69) is 23.1 Å². The van der Waals surface area contributed by atoms with E-state index in [0.717, 1.165) is 31.9 Å². The summed E-state index contributed by atoms with van der Waals surface area (Å²) < 4.78 is 0. The van der Waals surface area contributed by atoms with E-state index in [1.165, 1.54) is 0 Å². The van der Waals surface area contributed by atoms with Crippen LogP contribution in [0.1, 0.15) is 0 Å². The maximum absolute atomic E-state index is 4.68. The molecule has 98 valence electrons. The van der Waals surface area contributed by atoms with E-state index in [4.69, 9.17) is 0 Å². The van der Waals surface area contributed by atoms with Gasteiger partial charge in [0.1, 0.15) is 0 Å². The van der Waals surface area contributed by atoms with Crippen LogP contribution in [0.4, 0.5) is 0 Å². The summed E-state index contributed by atoms with van der Waals surface area (Å²) in [5.41, 5.74) is 3.64. The van der Waals surface area contributed by atoms with Crippen LogP contribution in [0.2, 0.25) is 0 Å². The van der Waals surface area contributed by atoms with Gasteiger partial charge in [-0.2, -0.15) is 0 Å². The van der Waals surface area contributed by atoms with E-state index >= 15 is 0 Å². The molecule has 0 aliphatic carbocycles. The van der Waals surface area contributed by atoms with Crippen molar-refractivity contribution >= 4 is 45.6 Å². The molecule has 0 aliphatic rings. The largest absolute Gasteiger partial charge is 0.244 e. The molecule has 3 aromatic rings. The van der Waals surface area contributed by atoms with Gasteiger partial charge in [0.2, 0.25) is 0 Å². The molecular formula is C16H12N2S2. The second-order valence-electron chi connectivity index (χ2n) is 4.09. The molecule has 4 heteroatoms. The lowest BCUT2D eigenvalue weighted by Gasteiger charge is -2.04. The van der Waals surface area contributed by atoms with Crippen molar-refractivity contribution in [2.24, 2.45) is 0 Å². The van der Waals surface area contributed by atoms with Crippen LogP contribution in [0.15, 0.2) is 70.2 Å². The van der Waals surface area contributed by atoms with Crippen LogP contribution in [0.5, 0.6) is 0 Å². The SMILES string of the molecule is C=CSc1ccc2nc3cc(SC=C)ccc3nc2c1. The predicted octanol–water partition coefficient (Wildman–Crippen LogP) is 5.25. The molecule has 2 nitrogen and oxygen atoms in total. The van der Waals surface area contributed by atoms with Gasteiger partial charge >= 0.3 is 0 Å². The van der Waals surface area contributed by atoms with Gasteiger partial charge < -0.3 is 0 Å². The fraction of sp³-hybridized carbons (Fsp3) is 0. The first-order valence-corrected chi connectivity index (χ1v) is 7.83. The summed E-state index contributed by atoms with van der Waals surface area (Å²) in [5.74, 6) is 0. The zero-order valence-electron chi connectivity index (χ0n) is 10.7. The van der Waals surface area contributed by atoms with Crippen molar-refractivity contribution in [1.29, 1.82) is 0 Å². The van der Waals surface area contributed by atoms with Crippen molar-refractivity contribution in [3.8, 4) is 0 Å². The lowest BCUT2D eigenvalue weighted by Crippen LogP contribution is -1.88. The maximum atomic E-state index is 4.68. The van der Waals surface area contributed by atoms with Crippen molar-refractivity contribution in [2.75, 3.05) is 0 Å². The zero-order valence-corrected chi connectivity index (χ0v) is 12.4. The summed E-state index contributed by atoms with van der Waals surface area (Å²) in [6.07, 6.45) is 0. The average molecular weight is 296 g/mol. The molecule has 0 spiro atoms. The van der Waals surface area contributed by atoms with Gasteiger partial charge in [-0.25, -0.2) is 9.97 Å². The molecule has 0 N–H and O–H groups in total. The molecule has 0 radical (unpaired) electrons. The third-order valence-electron chi connectivity index (χ3n) is 2.81. The Morgan fingerprint density at radius 2 is 1.15 bits per heavy atom. The molecule has 0 fully saturated rings. The Morgan fingerprint density at radius 1 is 0.700 bits per heavy atom. The molecule has 0 saturated heterocycles. The van der Waals surface area contributed by atoms with Crippen LogP contribution in [0.3, 0.4) is 0 Å². The van der Waals surface area contributed by atoms with Crippen LogP contribution in [-0.4, -0.2) is 9.97 Å². The number of hydrogen-bond acceptors (Lipinski definition) is 4. The minimum absolute atomic E-state index is 0.909. The molecule has 20 heavy (non-hydrogen) atoms. The Bertz CT molecular complexity index is 743. The lowest BCUT2D eigenvalue weighted by molar-refractivity contribution is 1.34. The highest BCUT2D eigenvalue weighted by molar-refractivity contribution is 8.02. The van der Waals surface area contributed by atoms with Crippen molar-refractivity contribution < 1.29 is 0 Å². The third kappa shape index (κ3) is 2.57. The van der Waals surface area contributed by atoms with E-state index in [-0.39, 0.29) is 0 Å². The molecule has 0 atom stereocenters. The number of rotatable bonds is 4. The maximum Gasteiger partial charge on any atom is 0.0905 e. The highest BCUT2D eigenvalue weighted by Gasteiger charge is 2.04. The van der Waals surface area contributed by atoms with E-state index in [9.17, 15) is 0 Å². The van der Waals surface area contributed by atoms with E-state index in [1.54, 1.807) is 23.5 Å². The Balaban J connectivity index is 2.17. The van der Waals surface area contributed by atoms with Gasteiger partial charge in [-0.3, -0.25) is 0 Å². The number of benzene rings is 2. The average Bonchev–Trinajstić information content (AvgIpc) is 2.46. The van der Waals surface area contributed by atoms with Crippen LogP contribution in [-0.2, 0) is 0 Å². The van der Waals surface area contributed by atoms with Gasteiger partial charge in [0.25, 0.3) is 0 Å². The Labute approximate surface area is 126 Å². The quantitative estimate of drug-likeness (QED) is 0.485. The smallest absolute Gasteiger partial charge is 0.0905 e. The predicted molar refractivity (Wildman–Crippen MR) is 89.2 cm³/mol. The number of hydrogen-bond donors (Lipinski definition) is 0. The van der Waals surface area contributed by atoms with Crippen molar-refractivity contribution in [1.82, 2.24) is 9.97 Å². The van der Waals surface area contributed by atoms with Gasteiger partial charge in [0.05, 0.1) is 22.1 Å². The molecule has 0 bridgehead atoms. The van der Waals surface area contributed by atoms with Crippen molar-refractivity contribution in [2.45, 2.75) is 9.79 Å². The molecule has 0 saturated carbocycles. The van der Waals surface area contributed by atoms with Gasteiger partial charge in [-0.1, -0.05) is 36.7 Å². The second kappa shape index (κ2) is 5.69. The Morgan fingerprint density at radius 3 is 1.55 bits per heavy atom. The van der Waals surface area contributed by atoms with Gasteiger partial charge in [-0.15, -0.1) is 0 Å². The summed E-state index contributed by atoms with van der Waals surface area (Å²) in [5, 5.41) is 3.63. The first-order chi connectivity index (χ1) is 9.80. The molecular weight excluding hydrogens is 284 g/mol. The van der Waals surface area contributed by atoms with Crippen LogP contribution in [0.25, 0.3) is 22.1 Å². The van der Waals surface area contributed by atoms with E-state index < -0.39 is 0 Å². The summed E-state index contributed by atoms with van der Waals surface area (Å²) in [6.45, 7) is 7.46. The fourth-order valence-electron chi connectivity index (χ4n) is 1.97. The number of fused-ring (bicyclic) bond motifs is 2. The first-order valence-electron chi connectivity index (χ1n) is 6.07. The normalized spacial score (nSPS) is 10.8. The second-order valence-corrected chi connectivity index (χ2v) is 6.17. The van der Waals surface area contributed by atoms with Gasteiger partial charge in [0.15, 0.2) is 0 Å². The third-order valence-corrected chi connectivity index (χ3v) is 4.20. The molecule has 1 aromatic heterocycles. The van der Waals surface area contributed by atoms with E-state index in [1.807, 2.05) is 47.2 Å². The highest BCUT2D eigenvalue weighted by Crippen LogP contribution is 2.26. The summed E-state index contributed by atoms with van der Waals surface area (Å²) in [7, 11) is 0. The molecule has 3 rings (SSSR count). The zero-order chi connectivity index (χ0) is 13.9. The minimum Gasteiger partial charge on any atom is -0.244 e. The summed E-state index contributed by atoms with van der Waals surface area (Å²) >= 11 is 3.17. The Kier molecular flexibility index (Phi) is 3.76. The van der Waals surface area contributed by atoms with Crippen LogP contribution < -0.4 is 0 Å². The molecule has 0 amide bonds. The molecule has 0 unspecified atom stereocenters. The van der Waals surface area contributed by atoms with Crippen molar-refractivity contribution in [3.05, 3.63) is 60.4 Å². The van der Waals surface area contributed by atoms with Crippen LogP contribution in [0, 0.1) is 0 Å². The number of thioether (sulfide) groups is 2. The molecule has 1 heterocycles. The van der Waals surface area contributed by atoms with E-state index in [0.29, 0.717) is 0 Å². The number of nitrogens with zero attached hydrogens (tertiary/aromatic N) is 2. The van der Waals surface area contributed by atoms with Gasteiger partial charge in [0, 0.05) is 9.79 Å². The monoisotopic (exact) mass is 296 g/mol. The van der Waals surface area contributed by atoms with Gasteiger partial charge in [-0.05, 0) is 47.2 Å². The Hall–Kier alpha value is -1.78. The highest BCUT2D eigenvalue weighted by atomic mass is 32.2. The summed E-state index contributed by atoms with van der Waals surface area (Å²) in [4.78, 5) is 11.6. The minimum atomic E-state index is 0.909. The number of aromatic nitrogens is 2. The lowest BCUT2D eigenvalue weighted by atomic mass is 10.2. The molecule has 0 aliphatic heterocycles. The topological polar surface area (TPSA) is 25.8 Å². The van der Waals surface area contributed by atoms with Crippen LogP contribution >= 0.6 is 23.5 Å².